The smallest absolute Gasteiger partial charge is 0.274 e. The van der Waals surface area contributed by atoms with Gasteiger partial charge in [-0.15, -0.1) is 5.10 Å². The third-order valence-corrected chi connectivity index (χ3v) is 5.95. The molecule has 3 aromatic rings. The molecule has 1 saturated heterocycles. The summed E-state index contributed by atoms with van der Waals surface area (Å²) in [6.07, 6.45) is 7.98. The number of anilines is 1. The molecule has 5 heterocycles. The zero-order chi connectivity index (χ0) is 20.0. The Morgan fingerprint density at radius 3 is 2.72 bits per heavy atom. The Bertz CT molecular complexity index is 1080. The van der Waals surface area contributed by atoms with E-state index in [9.17, 15) is 4.79 Å². The highest BCUT2D eigenvalue weighted by Crippen LogP contribution is 2.26. The number of aromatic nitrogens is 4. The van der Waals surface area contributed by atoms with Crippen molar-refractivity contribution in [1.29, 1.82) is 0 Å². The number of carbonyl (C=O) groups excluding carboxylic acids is 1. The van der Waals surface area contributed by atoms with Gasteiger partial charge >= 0.3 is 0 Å². The molecule has 2 aliphatic heterocycles. The van der Waals surface area contributed by atoms with Gasteiger partial charge in [0.1, 0.15) is 5.69 Å². The van der Waals surface area contributed by atoms with Crippen LogP contribution in [0.1, 0.15) is 52.1 Å². The van der Waals surface area contributed by atoms with Gasteiger partial charge in [-0.05, 0) is 55.9 Å². The van der Waals surface area contributed by atoms with E-state index in [1.54, 1.807) is 10.7 Å². The molecule has 0 spiro atoms. The monoisotopic (exact) mass is 390 g/mol. The second-order valence-corrected chi connectivity index (χ2v) is 8.22. The molecule has 2 aliphatic rings. The third-order valence-electron chi connectivity index (χ3n) is 5.95. The molecule has 0 saturated carbocycles. The summed E-state index contributed by atoms with van der Waals surface area (Å²) in [5.41, 5.74) is 5.92. The first kappa shape index (κ1) is 18.1. The van der Waals surface area contributed by atoms with Crippen molar-refractivity contribution >= 4 is 17.4 Å². The van der Waals surface area contributed by atoms with Crippen LogP contribution >= 0.6 is 0 Å². The first-order valence-corrected chi connectivity index (χ1v) is 10.4. The summed E-state index contributed by atoms with van der Waals surface area (Å²) < 4.78 is 1.75. The average Bonchev–Trinajstić information content (AvgIpc) is 3.15. The second kappa shape index (κ2) is 7.13. The number of piperidine rings is 1. The zero-order valence-corrected chi connectivity index (χ0v) is 17.1. The van der Waals surface area contributed by atoms with Gasteiger partial charge in [-0.25, -0.2) is 9.50 Å². The van der Waals surface area contributed by atoms with Crippen molar-refractivity contribution in [1.82, 2.24) is 24.5 Å². The fraction of sp³-hybridized carbons (Fsp3) is 0.455. The van der Waals surface area contributed by atoms with Crippen LogP contribution in [0.4, 0.5) is 5.82 Å². The molecule has 0 N–H and O–H groups in total. The number of fused-ring (bicyclic) bond motifs is 2. The van der Waals surface area contributed by atoms with Crippen LogP contribution in [0.25, 0.3) is 5.65 Å². The molecule has 3 aromatic heterocycles. The van der Waals surface area contributed by atoms with Crippen LogP contribution in [0.5, 0.6) is 0 Å². The minimum Gasteiger partial charge on any atom is -0.350 e. The number of aryl methyl sites for hydroxylation is 2. The second-order valence-electron chi connectivity index (χ2n) is 8.22. The Morgan fingerprint density at radius 2 is 1.90 bits per heavy atom. The normalized spacial score (nSPS) is 16.9. The molecule has 1 amide bonds. The number of nitrogens with zero attached hydrogens (tertiary/aromatic N) is 6. The third kappa shape index (κ3) is 3.34. The van der Waals surface area contributed by atoms with E-state index in [0.717, 1.165) is 62.5 Å². The number of likely N-dealkylation sites (tertiary alicyclic amines) is 1. The van der Waals surface area contributed by atoms with Crippen molar-refractivity contribution < 1.29 is 4.79 Å². The lowest BCUT2D eigenvalue weighted by molar-refractivity contribution is 0.0719. The lowest BCUT2D eigenvalue weighted by Gasteiger charge is -2.30. The van der Waals surface area contributed by atoms with Crippen LogP contribution in [-0.4, -0.2) is 50.0 Å². The van der Waals surface area contributed by atoms with E-state index in [0.29, 0.717) is 5.69 Å². The van der Waals surface area contributed by atoms with Crippen molar-refractivity contribution in [3.05, 3.63) is 52.6 Å². The summed E-state index contributed by atoms with van der Waals surface area (Å²) in [5.74, 6) is 0.960. The highest BCUT2D eigenvalue weighted by Gasteiger charge is 2.23. The first-order chi connectivity index (χ1) is 14.1. The highest BCUT2D eigenvalue weighted by molar-refractivity contribution is 5.93. The Morgan fingerprint density at radius 1 is 1.07 bits per heavy atom. The number of amides is 1. The van der Waals surface area contributed by atoms with Crippen molar-refractivity contribution in [3.8, 4) is 0 Å². The van der Waals surface area contributed by atoms with Gasteiger partial charge < -0.3 is 9.80 Å². The van der Waals surface area contributed by atoms with Crippen molar-refractivity contribution in [3.63, 3.8) is 0 Å². The molecule has 0 aliphatic carbocycles. The number of carbonyl (C=O) groups is 1. The molecule has 150 valence electrons. The minimum atomic E-state index is 0.0165. The SMILES string of the molecule is Cc1cnc2c(c1)CN(c1nn3cc(C(=O)N4CCCCC4)nc3cc1C)CC2. The maximum absolute atomic E-state index is 12.8. The summed E-state index contributed by atoms with van der Waals surface area (Å²) in [7, 11) is 0. The van der Waals surface area contributed by atoms with Gasteiger partial charge in [-0.2, -0.15) is 0 Å². The Labute approximate surface area is 170 Å². The summed E-state index contributed by atoms with van der Waals surface area (Å²) in [6.45, 7) is 7.48. The molecular formula is C22H26N6O. The van der Waals surface area contributed by atoms with Gasteiger partial charge in [0.2, 0.25) is 0 Å². The van der Waals surface area contributed by atoms with Crippen molar-refractivity contribution in [2.75, 3.05) is 24.5 Å². The van der Waals surface area contributed by atoms with Gasteiger partial charge in [0, 0.05) is 44.5 Å². The summed E-state index contributed by atoms with van der Waals surface area (Å²) in [5, 5.41) is 4.83. The van der Waals surface area contributed by atoms with Crippen LogP contribution in [0.3, 0.4) is 0 Å². The maximum atomic E-state index is 12.8. The molecule has 5 rings (SSSR count). The van der Waals surface area contributed by atoms with Gasteiger partial charge in [0.05, 0.1) is 6.20 Å². The molecule has 0 radical (unpaired) electrons. The van der Waals surface area contributed by atoms with Crippen LogP contribution in [0.2, 0.25) is 0 Å². The largest absolute Gasteiger partial charge is 0.350 e. The number of pyridine rings is 1. The lowest BCUT2D eigenvalue weighted by atomic mass is 10.0. The van der Waals surface area contributed by atoms with Crippen molar-refractivity contribution in [2.24, 2.45) is 0 Å². The molecule has 0 bridgehead atoms. The summed E-state index contributed by atoms with van der Waals surface area (Å²) in [4.78, 5) is 26.2. The molecule has 7 heteroatoms. The van der Waals surface area contributed by atoms with Crippen LogP contribution < -0.4 is 4.90 Å². The van der Waals surface area contributed by atoms with E-state index in [-0.39, 0.29) is 5.91 Å². The highest BCUT2D eigenvalue weighted by atomic mass is 16.2. The molecule has 29 heavy (non-hydrogen) atoms. The van der Waals surface area contributed by atoms with Gasteiger partial charge in [-0.3, -0.25) is 9.78 Å². The van der Waals surface area contributed by atoms with Crippen molar-refractivity contribution in [2.45, 2.75) is 46.1 Å². The van der Waals surface area contributed by atoms with E-state index in [4.69, 9.17) is 5.10 Å². The number of hydrogen-bond acceptors (Lipinski definition) is 5. The topological polar surface area (TPSA) is 66.6 Å². The Kier molecular flexibility index (Phi) is 4.45. The molecular weight excluding hydrogens is 364 g/mol. The van der Waals surface area contributed by atoms with Gasteiger partial charge in [-0.1, -0.05) is 6.07 Å². The zero-order valence-electron chi connectivity index (χ0n) is 17.1. The van der Waals surface area contributed by atoms with E-state index < -0.39 is 0 Å². The van der Waals surface area contributed by atoms with E-state index in [1.807, 2.05) is 17.2 Å². The Hall–Kier alpha value is -2.96. The summed E-state index contributed by atoms with van der Waals surface area (Å²) >= 11 is 0. The Balaban J connectivity index is 1.45. The van der Waals surface area contributed by atoms with Crippen LogP contribution in [0.15, 0.2) is 24.5 Å². The van der Waals surface area contributed by atoms with Gasteiger partial charge in [0.15, 0.2) is 11.5 Å². The lowest BCUT2D eigenvalue weighted by Crippen LogP contribution is -2.35. The minimum absolute atomic E-state index is 0.0165. The van der Waals surface area contributed by atoms with E-state index in [1.165, 1.54) is 23.2 Å². The van der Waals surface area contributed by atoms with E-state index >= 15 is 0 Å². The molecule has 0 aromatic carbocycles. The number of hydrogen-bond donors (Lipinski definition) is 0. The fourth-order valence-corrected chi connectivity index (χ4v) is 4.40. The first-order valence-electron chi connectivity index (χ1n) is 10.4. The molecule has 0 atom stereocenters. The molecule has 0 unspecified atom stereocenters. The predicted octanol–water partition coefficient (Wildman–Crippen LogP) is 2.93. The predicted molar refractivity (Wildman–Crippen MR) is 111 cm³/mol. The maximum Gasteiger partial charge on any atom is 0.274 e. The number of imidazole rings is 1. The standard InChI is InChI=1S/C22H26N6O/c1-15-10-17-13-27(9-6-18(17)23-12-15)21-16(2)11-20-24-19(14-28(20)25-21)22(29)26-7-4-3-5-8-26/h10-12,14H,3-9,13H2,1-2H3. The number of rotatable bonds is 2. The summed E-state index contributed by atoms with van der Waals surface area (Å²) in [6, 6.07) is 4.24. The molecule has 1 fully saturated rings. The van der Waals surface area contributed by atoms with Crippen LogP contribution in [-0.2, 0) is 13.0 Å². The fourth-order valence-electron chi connectivity index (χ4n) is 4.40. The molecule has 7 nitrogen and oxygen atoms in total. The average molecular weight is 390 g/mol. The van der Waals surface area contributed by atoms with E-state index in [2.05, 4.69) is 34.8 Å². The van der Waals surface area contributed by atoms with Crippen LogP contribution in [0, 0.1) is 13.8 Å². The van der Waals surface area contributed by atoms with Gasteiger partial charge in [0.25, 0.3) is 5.91 Å². The quantitative estimate of drug-likeness (QED) is 0.673.